The Morgan fingerprint density at radius 1 is 1.11 bits per heavy atom. The first kappa shape index (κ1) is 19.2. The van der Waals surface area contributed by atoms with E-state index < -0.39 is 18.1 Å². The predicted octanol–water partition coefficient (Wildman–Crippen LogP) is 4.47. The molecule has 2 aromatic carbocycles. The summed E-state index contributed by atoms with van der Waals surface area (Å²) in [6.07, 6.45) is 1.86. The van der Waals surface area contributed by atoms with Gasteiger partial charge in [-0.2, -0.15) is 0 Å². The molecule has 146 valence electrons. The largest absolute Gasteiger partial charge is 0.480 e. The summed E-state index contributed by atoms with van der Waals surface area (Å²) < 4.78 is 5.64. The minimum atomic E-state index is -0.974. The third-order valence-corrected chi connectivity index (χ3v) is 7.55. The van der Waals surface area contributed by atoms with Gasteiger partial charge in [-0.1, -0.05) is 70.1 Å². The number of carboxylic acid groups (broad SMARTS) is 1. The summed E-state index contributed by atoms with van der Waals surface area (Å²) in [5.74, 6) is -1.00. The Labute approximate surface area is 171 Å². The molecule has 5 nitrogen and oxygen atoms in total. The number of ether oxygens (including phenoxy) is 1. The predicted molar refractivity (Wildman–Crippen MR) is 113 cm³/mol. The van der Waals surface area contributed by atoms with Crippen LogP contribution in [-0.4, -0.2) is 52.8 Å². The van der Waals surface area contributed by atoms with Crippen molar-refractivity contribution < 1.29 is 19.4 Å². The highest BCUT2D eigenvalue weighted by atomic mass is 33.1. The molecule has 1 fully saturated rings. The molecule has 0 saturated carbocycles. The summed E-state index contributed by atoms with van der Waals surface area (Å²) in [7, 11) is 3.20. The van der Waals surface area contributed by atoms with E-state index >= 15 is 0 Å². The highest BCUT2D eigenvalue weighted by Gasteiger charge is 2.41. The molecule has 0 aromatic heterocycles. The number of rotatable bonds is 5. The second-order valence-electron chi connectivity index (χ2n) is 6.93. The second kappa shape index (κ2) is 8.09. The van der Waals surface area contributed by atoms with Crippen molar-refractivity contribution in [2.45, 2.75) is 23.6 Å². The Hall–Kier alpha value is -2.12. The molecule has 1 saturated heterocycles. The standard InChI is InChI=1S/C21H21NO4S2/c1-27-28-13-10-19(20(23)24)22(11-13)21(25)26-12-18-16-8-4-2-6-14(16)15-7-3-5-9-17(15)18/h2-9,13,18-19H,10-12H2,1H3,(H,23,24)/t13-,19+/m1/s1. The lowest BCUT2D eigenvalue weighted by Gasteiger charge is -2.22. The van der Waals surface area contributed by atoms with Crippen LogP contribution in [0.1, 0.15) is 23.5 Å². The van der Waals surface area contributed by atoms with Gasteiger partial charge in [-0.05, 0) is 34.9 Å². The minimum absolute atomic E-state index is 0.0291. The number of aliphatic carboxylic acids is 1. The van der Waals surface area contributed by atoms with Gasteiger partial charge in [0.25, 0.3) is 0 Å². The van der Waals surface area contributed by atoms with Gasteiger partial charge >= 0.3 is 12.1 Å². The lowest BCUT2D eigenvalue weighted by atomic mass is 9.98. The van der Waals surface area contributed by atoms with Crippen LogP contribution in [0.2, 0.25) is 0 Å². The lowest BCUT2D eigenvalue weighted by Crippen LogP contribution is -2.41. The summed E-state index contributed by atoms with van der Waals surface area (Å²) in [6.45, 7) is 0.606. The molecule has 7 heteroatoms. The van der Waals surface area contributed by atoms with Gasteiger partial charge in [0.05, 0.1) is 0 Å². The fourth-order valence-electron chi connectivity index (χ4n) is 4.12. The average Bonchev–Trinajstić information content (AvgIpc) is 3.26. The van der Waals surface area contributed by atoms with Gasteiger partial charge in [-0.3, -0.25) is 4.90 Å². The number of nitrogens with zero attached hydrogens (tertiary/aromatic N) is 1. The maximum absolute atomic E-state index is 12.7. The summed E-state index contributed by atoms with van der Waals surface area (Å²) in [4.78, 5) is 25.7. The first-order valence-electron chi connectivity index (χ1n) is 9.14. The molecule has 4 rings (SSSR count). The molecule has 2 aliphatic rings. The first-order chi connectivity index (χ1) is 13.6. The van der Waals surface area contributed by atoms with Crippen LogP contribution in [0.5, 0.6) is 0 Å². The number of likely N-dealkylation sites (tertiary alicyclic amines) is 1. The summed E-state index contributed by atoms with van der Waals surface area (Å²) in [5, 5.41) is 9.60. The molecule has 2 atom stereocenters. The van der Waals surface area contributed by atoms with Crippen molar-refractivity contribution in [1.29, 1.82) is 0 Å². The van der Waals surface area contributed by atoms with Crippen molar-refractivity contribution in [3.8, 4) is 11.1 Å². The molecule has 0 radical (unpaired) electrons. The number of amides is 1. The molecule has 1 N–H and O–H groups in total. The molecular weight excluding hydrogens is 394 g/mol. The monoisotopic (exact) mass is 415 g/mol. The molecule has 0 bridgehead atoms. The fraction of sp³-hybridized carbons (Fsp3) is 0.333. The van der Waals surface area contributed by atoms with Crippen LogP contribution < -0.4 is 0 Å². The third-order valence-electron chi connectivity index (χ3n) is 5.35. The van der Waals surface area contributed by atoms with Crippen LogP contribution >= 0.6 is 21.6 Å². The van der Waals surface area contributed by atoms with Crippen molar-refractivity contribution in [2.75, 3.05) is 19.4 Å². The van der Waals surface area contributed by atoms with E-state index in [-0.39, 0.29) is 17.8 Å². The maximum Gasteiger partial charge on any atom is 0.410 e. The summed E-state index contributed by atoms with van der Waals surface area (Å²) in [6, 6.07) is 15.5. The van der Waals surface area contributed by atoms with E-state index in [0.717, 1.165) is 11.1 Å². The summed E-state index contributed by atoms with van der Waals surface area (Å²) in [5.41, 5.74) is 4.62. The fourth-order valence-corrected chi connectivity index (χ4v) is 6.11. The molecule has 2 aromatic rings. The van der Waals surface area contributed by atoms with E-state index in [1.54, 1.807) is 21.6 Å². The second-order valence-corrected chi connectivity index (χ2v) is 9.70. The SMILES string of the molecule is CSS[C@@H]1C[C@@H](C(=O)O)N(C(=O)OCC2c3ccccc3-c3ccccc32)C1. The molecule has 1 aliphatic carbocycles. The highest BCUT2D eigenvalue weighted by molar-refractivity contribution is 8.76. The Bertz CT molecular complexity index is 858. The molecule has 1 heterocycles. The number of hydrogen-bond donors (Lipinski definition) is 1. The average molecular weight is 416 g/mol. The van der Waals surface area contributed by atoms with Gasteiger partial charge in [0.1, 0.15) is 12.6 Å². The van der Waals surface area contributed by atoms with Crippen molar-refractivity contribution in [3.63, 3.8) is 0 Å². The zero-order valence-electron chi connectivity index (χ0n) is 15.4. The highest BCUT2D eigenvalue weighted by Crippen LogP contribution is 2.44. The topological polar surface area (TPSA) is 66.8 Å². The molecule has 28 heavy (non-hydrogen) atoms. The van der Waals surface area contributed by atoms with Crippen LogP contribution in [0, 0.1) is 0 Å². The number of carboxylic acids is 1. The van der Waals surface area contributed by atoms with E-state index in [4.69, 9.17) is 4.74 Å². The van der Waals surface area contributed by atoms with Gasteiger partial charge in [0.15, 0.2) is 0 Å². The molecule has 0 spiro atoms. The van der Waals surface area contributed by atoms with Crippen LogP contribution in [0.25, 0.3) is 11.1 Å². The maximum atomic E-state index is 12.7. The van der Waals surface area contributed by atoms with Crippen molar-refractivity contribution in [1.82, 2.24) is 4.90 Å². The van der Waals surface area contributed by atoms with Crippen LogP contribution in [0.4, 0.5) is 4.79 Å². The Kier molecular flexibility index (Phi) is 5.55. The van der Waals surface area contributed by atoms with Gasteiger partial charge in [0, 0.05) is 17.7 Å². The molecule has 0 unspecified atom stereocenters. The van der Waals surface area contributed by atoms with Crippen LogP contribution in [-0.2, 0) is 9.53 Å². The Morgan fingerprint density at radius 3 is 2.29 bits per heavy atom. The molecular formula is C21H21NO4S2. The molecule has 1 aliphatic heterocycles. The Morgan fingerprint density at radius 2 is 1.71 bits per heavy atom. The van der Waals surface area contributed by atoms with Crippen LogP contribution in [0.15, 0.2) is 48.5 Å². The molecule has 1 amide bonds. The number of hydrogen-bond acceptors (Lipinski definition) is 5. The number of carbonyl (C=O) groups excluding carboxylic acids is 1. The van der Waals surface area contributed by atoms with E-state index in [1.807, 2.05) is 30.5 Å². The third kappa shape index (κ3) is 3.49. The van der Waals surface area contributed by atoms with Crippen molar-refractivity contribution in [2.24, 2.45) is 0 Å². The van der Waals surface area contributed by atoms with E-state index in [0.29, 0.717) is 13.0 Å². The quantitative estimate of drug-likeness (QED) is 0.727. The van der Waals surface area contributed by atoms with Gasteiger partial charge in [-0.25, -0.2) is 9.59 Å². The number of fused-ring (bicyclic) bond motifs is 3. The smallest absolute Gasteiger partial charge is 0.410 e. The van der Waals surface area contributed by atoms with Gasteiger partial charge < -0.3 is 9.84 Å². The van der Waals surface area contributed by atoms with E-state index in [2.05, 4.69) is 24.3 Å². The number of carbonyl (C=O) groups is 2. The van der Waals surface area contributed by atoms with Gasteiger partial charge in [0.2, 0.25) is 0 Å². The first-order valence-corrected chi connectivity index (χ1v) is 11.8. The minimum Gasteiger partial charge on any atom is -0.480 e. The zero-order chi connectivity index (χ0) is 19.7. The Balaban J connectivity index is 1.50. The van der Waals surface area contributed by atoms with E-state index in [9.17, 15) is 14.7 Å². The van der Waals surface area contributed by atoms with Gasteiger partial charge in [-0.15, -0.1) is 0 Å². The van der Waals surface area contributed by atoms with Crippen molar-refractivity contribution in [3.05, 3.63) is 59.7 Å². The lowest BCUT2D eigenvalue weighted by molar-refractivity contribution is -0.141. The number of benzene rings is 2. The normalized spacial score (nSPS) is 20.7. The van der Waals surface area contributed by atoms with Crippen LogP contribution in [0.3, 0.4) is 0 Å². The summed E-state index contributed by atoms with van der Waals surface area (Å²) >= 11 is 0. The van der Waals surface area contributed by atoms with Crippen molar-refractivity contribution >= 4 is 33.7 Å². The van der Waals surface area contributed by atoms with E-state index in [1.165, 1.54) is 16.0 Å². The zero-order valence-corrected chi connectivity index (χ0v) is 17.0.